The van der Waals surface area contributed by atoms with Crippen molar-refractivity contribution in [3.05, 3.63) is 47.3 Å². The van der Waals surface area contributed by atoms with Crippen molar-refractivity contribution in [2.75, 3.05) is 0 Å². The van der Waals surface area contributed by atoms with E-state index < -0.39 is 0 Å². The van der Waals surface area contributed by atoms with Gasteiger partial charge in [0, 0.05) is 5.39 Å². The van der Waals surface area contributed by atoms with Crippen molar-refractivity contribution in [3.8, 4) is 0 Å². The van der Waals surface area contributed by atoms with Gasteiger partial charge in [0.25, 0.3) is 0 Å². The lowest BCUT2D eigenvalue weighted by molar-refractivity contribution is 0.635. The molecule has 0 atom stereocenters. The molecule has 0 saturated carbocycles. The first-order chi connectivity index (χ1) is 8.20. The van der Waals surface area contributed by atoms with E-state index in [1.54, 1.807) is 6.07 Å². The SMILES string of the molecule is CCCCCc1cc(F)c2cc(C)ccc2c1. The first-order valence-electron chi connectivity index (χ1n) is 6.39. The number of halogens is 1. The number of hydrogen-bond acceptors (Lipinski definition) is 0. The van der Waals surface area contributed by atoms with E-state index in [2.05, 4.69) is 13.0 Å². The predicted molar refractivity (Wildman–Crippen MR) is 71.9 cm³/mol. The van der Waals surface area contributed by atoms with Crippen LogP contribution in [0.5, 0.6) is 0 Å². The van der Waals surface area contributed by atoms with Crippen LogP contribution in [0.4, 0.5) is 4.39 Å². The van der Waals surface area contributed by atoms with Crippen LogP contribution in [0.15, 0.2) is 30.3 Å². The van der Waals surface area contributed by atoms with Gasteiger partial charge in [-0.3, -0.25) is 0 Å². The van der Waals surface area contributed by atoms with Gasteiger partial charge in [-0.15, -0.1) is 0 Å². The van der Waals surface area contributed by atoms with Gasteiger partial charge in [-0.25, -0.2) is 4.39 Å². The van der Waals surface area contributed by atoms with Crippen LogP contribution >= 0.6 is 0 Å². The van der Waals surface area contributed by atoms with Crippen molar-refractivity contribution in [1.82, 2.24) is 0 Å². The summed E-state index contributed by atoms with van der Waals surface area (Å²) in [5.74, 6) is -0.0855. The molecule has 0 N–H and O–H groups in total. The standard InChI is InChI=1S/C16H19F/c1-3-4-5-6-13-10-14-8-7-12(2)9-15(14)16(17)11-13/h7-11H,3-6H2,1-2H3. The Labute approximate surface area is 102 Å². The minimum absolute atomic E-state index is 0.0855. The highest BCUT2D eigenvalue weighted by atomic mass is 19.1. The molecule has 0 radical (unpaired) electrons. The van der Waals surface area contributed by atoms with Crippen LogP contribution < -0.4 is 0 Å². The second kappa shape index (κ2) is 5.31. The summed E-state index contributed by atoms with van der Waals surface area (Å²) in [5.41, 5.74) is 2.22. The first-order valence-corrected chi connectivity index (χ1v) is 6.39. The Morgan fingerprint density at radius 3 is 2.65 bits per heavy atom. The lowest BCUT2D eigenvalue weighted by Gasteiger charge is -2.06. The maximum absolute atomic E-state index is 13.9. The number of fused-ring (bicyclic) bond motifs is 1. The van der Waals surface area contributed by atoms with E-state index in [1.165, 1.54) is 12.8 Å². The summed E-state index contributed by atoms with van der Waals surface area (Å²) in [4.78, 5) is 0. The molecule has 0 saturated heterocycles. The zero-order chi connectivity index (χ0) is 12.3. The average Bonchev–Trinajstić information content (AvgIpc) is 2.31. The minimum Gasteiger partial charge on any atom is -0.206 e. The van der Waals surface area contributed by atoms with Crippen LogP contribution in [-0.4, -0.2) is 0 Å². The van der Waals surface area contributed by atoms with Gasteiger partial charge in [0.15, 0.2) is 0 Å². The Morgan fingerprint density at radius 2 is 1.88 bits per heavy atom. The molecule has 90 valence electrons. The fraction of sp³-hybridized carbons (Fsp3) is 0.375. The third-order valence-corrected chi connectivity index (χ3v) is 3.19. The molecule has 2 rings (SSSR count). The van der Waals surface area contributed by atoms with Crippen LogP contribution in [0.2, 0.25) is 0 Å². The van der Waals surface area contributed by atoms with Gasteiger partial charge in [0.1, 0.15) is 5.82 Å². The third-order valence-electron chi connectivity index (χ3n) is 3.19. The van der Waals surface area contributed by atoms with Gasteiger partial charge < -0.3 is 0 Å². The quantitative estimate of drug-likeness (QED) is 0.647. The molecule has 0 aromatic heterocycles. The molecule has 0 aliphatic heterocycles. The van der Waals surface area contributed by atoms with Crippen molar-refractivity contribution in [3.63, 3.8) is 0 Å². The molecule has 0 unspecified atom stereocenters. The Bertz CT molecular complexity index is 514. The van der Waals surface area contributed by atoms with Crippen LogP contribution in [0.1, 0.15) is 37.3 Å². The van der Waals surface area contributed by atoms with Crippen molar-refractivity contribution in [2.24, 2.45) is 0 Å². The van der Waals surface area contributed by atoms with Crippen LogP contribution in [-0.2, 0) is 6.42 Å². The third kappa shape index (κ3) is 2.85. The maximum atomic E-state index is 13.9. The molecule has 1 heteroatoms. The maximum Gasteiger partial charge on any atom is 0.131 e. The molecule has 0 aliphatic carbocycles. The van der Waals surface area contributed by atoms with Crippen molar-refractivity contribution < 1.29 is 4.39 Å². The summed E-state index contributed by atoms with van der Waals surface area (Å²) < 4.78 is 13.9. The summed E-state index contributed by atoms with van der Waals surface area (Å²) in [6.07, 6.45) is 4.55. The summed E-state index contributed by atoms with van der Waals surface area (Å²) >= 11 is 0. The van der Waals surface area contributed by atoms with E-state index in [0.717, 1.165) is 34.7 Å². The van der Waals surface area contributed by atoms with Gasteiger partial charge in [-0.1, -0.05) is 43.5 Å². The molecular weight excluding hydrogens is 211 g/mol. The number of aryl methyl sites for hydroxylation is 2. The molecule has 0 heterocycles. The average molecular weight is 230 g/mol. The van der Waals surface area contributed by atoms with Gasteiger partial charge in [-0.2, -0.15) is 0 Å². The van der Waals surface area contributed by atoms with Gasteiger partial charge >= 0.3 is 0 Å². The van der Waals surface area contributed by atoms with Crippen LogP contribution in [0.25, 0.3) is 10.8 Å². The van der Waals surface area contributed by atoms with Gasteiger partial charge in [-0.05, 0) is 42.8 Å². The smallest absolute Gasteiger partial charge is 0.131 e. The minimum atomic E-state index is -0.0855. The summed E-state index contributed by atoms with van der Waals surface area (Å²) in [6, 6.07) is 9.78. The largest absolute Gasteiger partial charge is 0.206 e. The molecule has 2 aromatic rings. The van der Waals surface area contributed by atoms with E-state index >= 15 is 0 Å². The molecule has 0 nitrogen and oxygen atoms in total. The molecule has 0 aliphatic rings. The fourth-order valence-corrected chi connectivity index (χ4v) is 2.21. The van der Waals surface area contributed by atoms with Crippen molar-refractivity contribution in [2.45, 2.75) is 39.5 Å². The lowest BCUT2D eigenvalue weighted by Crippen LogP contribution is -1.89. The Kier molecular flexibility index (Phi) is 3.78. The van der Waals surface area contributed by atoms with Gasteiger partial charge in [0.05, 0.1) is 0 Å². The molecule has 0 spiro atoms. The molecule has 0 amide bonds. The van der Waals surface area contributed by atoms with Crippen LogP contribution in [0.3, 0.4) is 0 Å². The van der Waals surface area contributed by atoms with Crippen LogP contribution in [0, 0.1) is 12.7 Å². The molecule has 0 fully saturated rings. The topological polar surface area (TPSA) is 0 Å². The molecule has 0 bridgehead atoms. The lowest BCUT2D eigenvalue weighted by atomic mass is 10.0. The highest BCUT2D eigenvalue weighted by Gasteiger charge is 2.04. The number of benzene rings is 2. The predicted octanol–water partition coefficient (Wildman–Crippen LogP) is 5.02. The summed E-state index contributed by atoms with van der Waals surface area (Å²) in [6.45, 7) is 4.18. The Morgan fingerprint density at radius 1 is 1.06 bits per heavy atom. The zero-order valence-corrected chi connectivity index (χ0v) is 10.6. The second-order valence-corrected chi connectivity index (χ2v) is 4.76. The number of rotatable bonds is 4. The molecule has 17 heavy (non-hydrogen) atoms. The molecule has 2 aromatic carbocycles. The zero-order valence-electron chi connectivity index (χ0n) is 10.6. The first kappa shape index (κ1) is 12.1. The number of unbranched alkanes of at least 4 members (excludes halogenated alkanes) is 2. The monoisotopic (exact) mass is 230 g/mol. The summed E-state index contributed by atoms with van der Waals surface area (Å²) in [7, 11) is 0. The highest BCUT2D eigenvalue weighted by Crippen LogP contribution is 2.22. The second-order valence-electron chi connectivity index (χ2n) is 4.76. The van der Waals surface area contributed by atoms with Crippen molar-refractivity contribution in [1.29, 1.82) is 0 Å². The van der Waals surface area contributed by atoms with E-state index in [4.69, 9.17) is 0 Å². The molecular formula is C16H19F. The van der Waals surface area contributed by atoms with Gasteiger partial charge in [0.2, 0.25) is 0 Å². The van der Waals surface area contributed by atoms with E-state index in [-0.39, 0.29) is 5.82 Å². The fourth-order valence-electron chi connectivity index (χ4n) is 2.21. The normalized spacial score (nSPS) is 11.0. The van der Waals surface area contributed by atoms with Crippen molar-refractivity contribution >= 4 is 10.8 Å². The Balaban J connectivity index is 2.32. The highest BCUT2D eigenvalue weighted by molar-refractivity contribution is 5.84. The van der Waals surface area contributed by atoms with E-state index in [0.29, 0.717) is 0 Å². The van der Waals surface area contributed by atoms with E-state index in [9.17, 15) is 4.39 Å². The van der Waals surface area contributed by atoms with E-state index in [1.807, 2.05) is 25.1 Å². The Hall–Kier alpha value is -1.37. The number of hydrogen-bond donors (Lipinski definition) is 0. The summed E-state index contributed by atoms with van der Waals surface area (Å²) in [5, 5.41) is 1.76.